The third-order valence-corrected chi connectivity index (χ3v) is 2.65. The minimum Gasteiger partial charge on any atom is -0.464 e. The van der Waals surface area contributed by atoms with Crippen LogP contribution in [-0.2, 0) is 10.9 Å². The van der Waals surface area contributed by atoms with Crippen molar-refractivity contribution < 1.29 is 22.7 Å². The van der Waals surface area contributed by atoms with Crippen LogP contribution < -0.4 is 0 Å². The van der Waals surface area contributed by atoms with Gasteiger partial charge in [-0.15, -0.1) is 0 Å². The van der Waals surface area contributed by atoms with Crippen molar-refractivity contribution in [3.8, 4) is 11.3 Å². The van der Waals surface area contributed by atoms with E-state index in [0.29, 0.717) is 11.3 Å². The van der Waals surface area contributed by atoms with Crippen LogP contribution >= 0.6 is 0 Å². The van der Waals surface area contributed by atoms with Crippen molar-refractivity contribution in [2.24, 2.45) is 0 Å². The molecule has 1 heterocycles. The average Bonchev–Trinajstić information content (AvgIpc) is 2.46. The van der Waals surface area contributed by atoms with Crippen molar-refractivity contribution in [3.05, 3.63) is 53.7 Å². The third kappa shape index (κ3) is 2.96. The smallest absolute Gasteiger partial charge is 0.416 e. The van der Waals surface area contributed by atoms with Crippen molar-refractivity contribution >= 4 is 5.97 Å². The number of carbonyl (C=O) groups excluding carboxylic acids is 1. The van der Waals surface area contributed by atoms with Gasteiger partial charge in [-0.3, -0.25) is 0 Å². The van der Waals surface area contributed by atoms with Gasteiger partial charge in [0.2, 0.25) is 0 Å². The minimum atomic E-state index is -4.38. The summed E-state index contributed by atoms with van der Waals surface area (Å²) >= 11 is 0. The van der Waals surface area contributed by atoms with Gasteiger partial charge in [0.25, 0.3) is 0 Å². The molecule has 1 aromatic carbocycles. The van der Waals surface area contributed by atoms with Crippen molar-refractivity contribution in [2.75, 3.05) is 7.11 Å². The Morgan fingerprint density at radius 3 is 2.30 bits per heavy atom. The van der Waals surface area contributed by atoms with Gasteiger partial charge < -0.3 is 4.74 Å². The number of benzene rings is 1. The zero-order valence-corrected chi connectivity index (χ0v) is 10.4. The van der Waals surface area contributed by atoms with E-state index in [2.05, 4.69) is 9.72 Å². The maximum Gasteiger partial charge on any atom is 0.416 e. The lowest BCUT2D eigenvalue weighted by Crippen LogP contribution is -2.05. The highest BCUT2D eigenvalue weighted by molar-refractivity contribution is 5.87. The number of rotatable bonds is 2. The summed E-state index contributed by atoms with van der Waals surface area (Å²) in [6.07, 6.45) is -4.38. The predicted octanol–water partition coefficient (Wildman–Crippen LogP) is 3.55. The van der Waals surface area contributed by atoms with E-state index in [4.69, 9.17) is 0 Å². The number of halogens is 3. The van der Waals surface area contributed by atoms with Crippen molar-refractivity contribution in [3.63, 3.8) is 0 Å². The second kappa shape index (κ2) is 5.32. The van der Waals surface area contributed by atoms with Crippen LogP contribution in [-0.4, -0.2) is 18.1 Å². The highest BCUT2D eigenvalue weighted by Crippen LogP contribution is 2.30. The second-order valence-electron chi connectivity index (χ2n) is 3.97. The number of hydrogen-bond donors (Lipinski definition) is 0. The summed E-state index contributed by atoms with van der Waals surface area (Å²) in [5, 5.41) is 0. The molecule has 0 saturated heterocycles. The molecule has 0 aliphatic heterocycles. The van der Waals surface area contributed by atoms with E-state index in [1.54, 1.807) is 12.1 Å². The normalized spacial score (nSPS) is 11.2. The molecule has 0 aliphatic carbocycles. The quantitative estimate of drug-likeness (QED) is 0.790. The van der Waals surface area contributed by atoms with Gasteiger partial charge in [-0.2, -0.15) is 13.2 Å². The molecular formula is C14H10F3NO2. The fourth-order valence-electron chi connectivity index (χ4n) is 1.64. The fraction of sp³-hybridized carbons (Fsp3) is 0.143. The molecule has 0 saturated carbocycles. The lowest BCUT2D eigenvalue weighted by molar-refractivity contribution is -0.137. The Morgan fingerprint density at radius 2 is 1.75 bits per heavy atom. The van der Waals surface area contributed by atoms with E-state index in [1.165, 1.54) is 25.3 Å². The summed E-state index contributed by atoms with van der Waals surface area (Å²) < 4.78 is 41.9. The molecule has 6 heteroatoms. The number of aromatic nitrogens is 1. The summed E-state index contributed by atoms with van der Waals surface area (Å²) in [4.78, 5) is 15.4. The zero-order chi connectivity index (χ0) is 14.8. The average molecular weight is 281 g/mol. The monoisotopic (exact) mass is 281 g/mol. The van der Waals surface area contributed by atoms with Crippen LogP contribution in [0.4, 0.5) is 13.2 Å². The highest BCUT2D eigenvalue weighted by atomic mass is 19.4. The molecule has 0 N–H and O–H groups in total. The van der Waals surface area contributed by atoms with Crippen LogP contribution in [0.2, 0.25) is 0 Å². The Morgan fingerprint density at radius 1 is 1.10 bits per heavy atom. The summed E-state index contributed by atoms with van der Waals surface area (Å²) in [5.74, 6) is -0.598. The first-order valence-electron chi connectivity index (χ1n) is 5.65. The Kier molecular flexibility index (Phi) is 3.74. The van der Waals surface area contributed by atoms with Gasteiger partial charge in [0.1, 0.15) is 5.69 Å². The SMILES string of the molecule is COC(=O)c1cccc(-c2ccc(C(F)(F)F)cc2)n1. The van der Waals surface area contributed by atoms with Gasteiger partial charge in [-0.25, -0.2) is 9.78 Å². The van der Waals surface area contributed by atoms with Gasteiger partial charge in [0.05, 0.1) is 18.4 Å². The molecule has 20 heavy (non-hydrogen) atoms. The van der Waals surface area contributed by atoms with E-state index in [0.717, 1.165) is 12.1 Å². The van der Waals surface area contributed by atoms with E-state index in [-0.39, 0.29) is 5.69 Å². The molecule has 0 fully saturated rings. The molecule has 0 amide bonds. The molecular weight excluding hydrogens is 271 g/mol. The van der Waals surface area contributed by atoms with Crippen LogP contribution in [0.1, 0.15) is 16.1 Å². The first kappa shape index (κ1) is 14.0. The van der Waals surface area contributed by atoms with Gasteiger partial charge in [-0.1, -0.05) is 18.2 Å². The molecule has 0 spiro atoms. The fourth-order valence-corrected chi connectivity index (χ4v) is 1.64. The van der Waals surface area contributed by atoms with E-state index in [1.807, 2.05) is 0 Å². The number of carbonyl (C=O) groups is 1. The number of pyridine rings is 1. The Labute approximate surface area is 113 Å². The first-order chi connectivity index (χ1) is 9.41. The van der Waals surface area contributed by atoms with Crippen LogP contribution in [0.5, 0.6) is 0 Å². The predicted molar refractivity (Wildman–Crippen MR) is 66.0 cm³/mol. The molecule has 0 aliphatic rings. The molecule has 104 valence electrons. The second-order valence-corrected chi connectivity index (χ2v) is 3.97. The minimum absolute atomic E-state index is 0.102. The van der Waals surface area contributed by atoms with Gasteiger partial charge >= 0.3 is 12.1 Å². The van der Waals surface area contributed by atoms with Crippen LogP contribution in [0.3, 0.4) is 0 Å². The van der Waals surface area contributed by atoms with Crippen LogP contribution in [0.15, 0.2) is 42.5 Å². The molecule has 2 rings (SSSR count). The number of methoxy groups -OCH3 is 1. The molecule has 0 atom stereocenters. The highest BCUT2D eigenvalue weighted by Gasteiger charge is 2.30. The van der Waals surface area contributed by atoms with E-state index >= 15 is 0 Å². The number of ether oxygens (including phenoxy) is 1. The number of esters is 1. The van der Waals surface area contributed by atoms with E-state index in [9.17, 15) is 18.0 Å². The molecule has 3 nitrogen and oxygen atoms in total. The maximum atomic E-state index is 12.5. The molecule has 1 aromatic heterocycles. The van der Waals surface area contributed by atoms with Crippen LogP contribution in [0.25, 0.3) is 11.3 Å². The number of hydrogen-bond acceptors (Lipinski definition) is 3. The summed E-state index contributed by atoms with van der Waals surface area (Å²) in [5.41, 5.74) is 0.264. The van der Waals surface area contributed by atoms with Crippen molar-refractivity contribution in [1.29, 1.82) is 0 Å². The van der Waals surface area contributed by atoms with Crippen molar-refractivity contribution in [2.45, 2.75) is 6.18 Å². The summed E-state index contributed by atoms with van der Waals surface area (Å²) in [6.45, 7) is 0. The van der Waals surface area contributed by atoms with Crippen molar-refractivity contribution in [1.82, 2.24) is 4.98 Å². The lowest BCUT2D eigenvalue weighted by Gasteiger charge is -2.08. The molecule has 0 bridgehead atoms. The van der Waals surface area contributed by atoms with Gasteiger partial charge in [-0.05, 0) is 24.3 Å². The largest absolute Gasteiger partial charge is 0.464 e. The van der Waals surface area contributed by atoms with E-state index < -0.39 is 17.7 Å². The maximum absolute atomic E-state index is 12.5. The molecule has 2 aromatic rings. The zero-order valence-electron chi connectivity index (χ0n) is 10.4. The van der Waals surface area contributed by atoms with Gasteiger partial charge in [0.15, 0.2) is 0 Å². The Balaban J connectivity index is 2.35. The third-order valence-electron chi connectivity index (χ3n) is 2.65. The number of alkyl halides is 3. The molecule has 0 radical (unpaired) electrons. The van der Waals surface area contributed by atoms with Crippen LogP contribution in [0, 0.1) is 0 Å². The molecule has 0 unspecified atom stereocenters. The van der Waals surface area contributed by atoms with Gasteiger partial charge in [0, 0.05) is 5.56 Å². The topological polar surface area (TPSA) is 39.2 Å². The standard InChI is InChI=1S/C14H10F3NO2/c1-20-13(19)12-4-2-3-11(18-12)9-5-7-10(8-6-9)14(15,16)17/h2-8H,1H3. The summed E-state index contributed by atoms with van der Waals surface area (Å²) in [6, 6.07) is 9.24. The number of nitrogens with zero attached hydrogens (tertiary/aromatic N) is 1. The first-order valence-corrected chi connectivity index (χ1v) is 5.65. The Hall–Kier alpha value is -2.37. The summed E-state index contributed by atoms with van der Waals surface area (Å²) in [7, 11) is 1.23. The lowest BCUT2D eigenvalue weighted by atomic mass is 10.1. The Bertz CT molecular complexity index is 621.